The van der Waals surface area contributed by atoms with Crippen molar-refractivity contribution in [3.05, 3.63) is 22.4 Å². The van der Waals surface area contributed by atoms with Gasteiger partial charge in [0.15, 0.2) is 0 Å². The Morgan fingerprint density at radius 3 is 2.80 bits per heavy atom. The maximum atomic E-state index is 12.1. The van der Waals surface area contributed by atoms with Crippen molar-refractivity contribution < 1.29 is 14.7 Å². The number of urea groups is 1. The minimum atomic E-state index is -0.987. The zero-order chi connectivity index (χ0) is 15.0. The number of thioether (sulfide) groups is 1. The summed E-state index contributed by atoms with van der Waals surface area (Å²) in [7, 11) is 0. The summed E-state index contributed by atoms with van der Waals surface area (Å²) in [6.45, 7) is 2.93. The second kappa shape index (κ2) is 8.86. The third-order valence-corrected chi connectivity index (χ3v) is 4.31. The predicted octanol–water partition coefficient (Wildman–Crippen LogP) is 2.49. The summed E-state index contributed by atoms with van der Waals surface area (Å²) in [6, 6.07) is 2.74. The van der Waals surface area contributed by atoms with Crippen LogP contribution in [-0.4, -0.2) is 46.6 Å². The third-order valence-electron chi connectivity index (χ3n) is 2.80. The average Bonchev–Trinajstić information content (AvgIpc) is 2.93. The Morgan fingerprint density at radius 1 is 1.55 bits per heavy atom. The molecule has 0 aromatic carbocycles. The second-order valence-corrected chi connectivity index (χ2v) is 6.23. The van der Waals surface area contributed by atoms with E-state index < -0.39 is 12.0 Å². The van der Waals surface area contributed by atoms with Gasteiger partial charge in [0.1, 0.15) is 6.04 Å². The van der Waals surface area contributed by atoms with Crippen molar-refractivity contribution in [1.29, 1.82) is 0 Å². The molecule has 0 aliphatic rings. The number of amides is 2. The van der Waals surface area contributed by atoms with E-state index in [1.807, 2.05) is 30.7 Å². The third kappa shape index (κ3) is 5.42. The van der Waals surface area contributed by atoms with Gasteiger partial charge in [-0.15, -0.1) is 11.3 Å². The molecule has 1 aromatic rings. The van der Waals surface area contributed by atoms with Gasteiger partial charge in [-0.05, 0) is 36.8 Å². The molecule has 7 heteroatoms. The van der Waals surface area contributed by atoms with Crippen molar-refractivity contribution in [1.82, 2.24) is 10.2 Å². The number of rotatable bonds is 8. The van der Waals surface area contributed by atoms with E-state index in [0.29, 0.717) is 25.3 Å². The maximum absolute atomic E-state index is 12.1. The number of carboxylic acids is 1. The Balaban J connectivity index is 2.58. The van der Waals surface area contributed by atoms with Crippen LogP contribution in [0.25, 0.3) is 0 Å². The summed E-state index contributed by atoms with van der Waals surface area (Å²) in [6.07, 6.45) is 2.34. The van der Waals surface area contributed by atoms with Gasteiger partial charge in [-0.1, -0.05) is 6.07 Å². The summed E-state index contributed by atoms with van der Waals surface area (Å²) in [5, 5.41) is 13.7. The number of hydrogen-bond donors (Lipinski definition) is 2. The molecule has 0 spiro atoms. The number of nitrogens with one attached hydrogen (secondary N) is 1. The highest BCUT2D eigenvalue weighted by atomic mass is 32.2. The summed E-state index contributed by atoms with van der Waals surface area (Å²) in [5.74, 6) is -0.284. The molecule has 1 rings (SSSR count). The number of carboxylic acid groups (broad SMARTS) is 1. The van der Waals surface area contributed by atoms with Crippen molar-refractivity contribution in [3.63, 3.8) is 0 Å². The SMILES string of the molecule is CCN(Cc1cccs1)C(=O)NC(CCSC)C(=O)O. The molecule has 0 saturated heterocycles. The zero-order valence-electron chi connectivity index (χ0n) is 11.7. The molecule has 0 bridgehead atoms. The van der Waals surface area contributed by atoms with Crippen molar-refractivity contribution in [2.24, 2.45) is 0 Å². The first kappa shape index (κ1) is 16.8. The van der Waals surface area contributed by atoms with Crippen LogP contribution in [0, 0.1) is 0 Å². The van der Waals surface area contributed by atoms with Crippen LogP contribution in [0.2, 0.25) is 0 Å². The lowest BCUT2D eigenvalue weighted by molar-refractivity contribution is -0.139. The molecule has 1 aromatic heterocycles. The largest absolute Gasteiger partial charge is 0.480 e. The van der Waals surface area contributed by atoms with Gasteiger partial charge in [-0.25, -0.2) is 9.59 Å². The second-order valence-electron chi connectivity index (χ2n) is 4.22. The molecule has 20 heavy (non-hydrogen) atoms. The Labute approximate surface area is 127 Å². The van der Waals surface area contributed by atoms with Gasteiger partial charge >= 0.3 is 12.0 Å². The number of carbonyl (C=O) groups excluding carboxylic acids is 1. The number of aliphatic carboxylic acids is 1. The number of thiophene rings is 1. The normalized spacial score (nSPS) is 11.9. The van der Waals surface area contributed by atoms with Gasteiger partial charge in [-0.2, -0.15) is 11.8 Å². The van der Waals surface area contributed by atoms with Gasteiger partial charge in [0, 0.05) is 11.4 Å². The first-order valence-corrected chi connectivity index (χ1v) is 8.65. The molecule has 0 radical (unpaired) electrons. The Kier molecular flexibility index (Phi) is 7.46. The first-order chi connectivity index (χ1) is 9.58. The Bertz CT molecular complexity index is 423. The zero-order valence-corrected chi connectivity index (χ0v) is 13.3. The molecule has 1 heterocycles. The number of carbonyl (C=O) groups is 2. The molecule has 2 N–H and O–H groups in total. The Morgan fingerprint density at radius 2 is 2.30 bits per heavy atom. The van der Waals surface area contributed by atoms with Crippen LogP contribution in [0.5, 0.6) is 0 Å². The smallest absolute Gasteiger partial charge is 0.326 e. The molecule has 2 amide bonds. The molecule has 0 aliphatic carbocycles. The van der Waals surface area contributed by atoms with Gasteiger partial charge in [-0.3, -0.25) is 0 Å². The fourth-order valence-electron chi connectivity index (χ4n) is 1.65. The molecule has 0 aliphatic heterocycles. The lowest BCUT2D eigenvalue weighted by atomic mass is 10.2. The van der Waals surface area contributed by atoms with Crippen molar-refractivity contribution in [2.75, 3.05) is 18.6 Å². The van der Waals surface area contributed by atoms with Gasteiger partial charge in [0.2, 0.25) is 0 Å². The van der Waals surface area contributed by atoms with Gasteiger partial charge < -0.3 is 15.3 Å². The van der Waals surface area contributed by atoms with Crippen LogP contribution in [0.15, 0.2) is 17.5 Å². The average molecular weight is 316 g/mol. The van der Waals surface area contributed by atoms with Gasteiger partial charge in [0.25, 0.3) is 0 Å². The predicted molar refractivity (Wildman–Crippen MR) is 83.4 cm³/mol. The number of nitrogens with zero attached hydrogens (tertiary/aromatic N) is 1. The van der Waals surface area contributed by atoms with Crippen LogP contribution >= 0.6 is 23.1 Å². The highest BCUT2D eigenvalue weighted by Crippen LogP contribution is 2.12. The molecular formula is C13H20N2O3S2. The number of hydrogen-bond acceptors (Lipinski definition) is 4. The van der Waals surface area contributed by atoms with Gasteiger partial charge in [0.05, 0.1) is 6.54 Å². The monoisotopic (exact) mass is 316 g/mol. The highest BCUT2D eigenvalue weighted by Gasteiger charge is 2.22. The summed E-state index contributed by atoms with van der Waals surface area (Å²) in [5.41, 5.74) is 0. The van der Waals surface area contributed by atoms with Crippen LogP contribution in [-0.2, 0) is 11.3 Å². The van der Waals surface area contributed by atoms with Crippen molar-refractivity contribution in [3.8, 4) is 0 Å². The van der Waals surface area contributed by atoms with Crippen molar-refractivity contribution in [2.45, 2.75) is 25.9 Å². The minimum absolute atomic E-state index is 0.325. The molecule has 1 atom stereocenters. The Hall–Kier alpha value is -1.21. The maximum Gasteiger partial charge on any atom is 0.326 e. The van der Waals surface area contributed by atoms with E-state index >= 15 is 0 Å². The fourth-order valence-corrected chi connectivity index (χ4v) is 2.84. The van der Waals surface area contributed by atoms with E-state index in [2.05, 4.69) is 5.32 Å². The highest BCUT2D eigenvalue weighted by molar-refractivity contribution is 7.98. The quantitative estimate of drug-likeness (QED) is 0.773. The van der Waals surface area contributed by atoms with E-state index in [-0.39, 0.29) is 6.03 Å². The van der Waals surface area contributed by atoms with Crippen molar-refractivity contribution >= 4 is 35.1 Å². The topological polar surface area (TPSA) is 69.6 Å². The molecule has 1 unspecified atom stereocenters. The molecule has 5 nitrogen and oxygen atoms in total. The summed E-state index contributed by atoms with van der Waals surface area (Å²) < 4.78 is 0. The van der Waals surface area contributed by atoms with Crippen LogP contribution in [0.1, 0.15) is 18.2 Å². The summed E-state index contributed by atoms with van der Waals surface area (Å²) >= 11 is 3.15. The van der Waals surface area contributed by atoms with E-state index in [9.17, 15) is 9.59 Å². The van der Waals surface area contributed by atoms with E-state index in [4.69, 9.17) is 5.11 Å². The van der Waals surface area contributed by atoms with Crippen LogP contribution < -0.4 is 5.32 Å². The van der Waals surface area contributed by atoms with E-state index in [1.165, 1.54) is 0 Å². The van der Waals surface area contributed by atoms with E-state index in [0.717, 1.165) is 4.88 Å². The lowest BCUT2D eigenvalue weighted by Gasteiger charge is -2.23. The standard InChI is InChI=1S/C13H20N2O3S2/c1-3-15(9-10-5-4-7-20-10)13(18)14-11(12(16)17)6-8-19-2/h4-5,7,11H,3,6,8-9H2,1-2H3,(H,14,18)(H,16,17). The van der Waals surface area contributed by atoms with Crippen LogP contribution in [0.3, 0.4) is 0 Å². The molecule has 0 fully saturated rings. The minimum Gasteiger partial charge on any atom is -0.480 e. The molecule has 112 valence electrons. The molecule has 0 saturated carbocycles. The van der Waals surface area contributed by atoms with Crippen LogP contribution in [0.4, 0.5) is 4.79 Å². The van der Waals surface area contributed by atoms with E-state index in [1.54, 1.807) is 28.0 Å². The fraction of sp³-hybridized carbons (Fsp3) is 0.538. The molecular weight excluding hydrogens is 296 g/mol. The summed E-state index contributed by atoms with van der Waals surface area (Å²) in [4.78, 5) is 25.9. The first-order valence-electron chi connectivity index (χ1n) is 6.38. The lowest BCUT2D eigenvalue weighted by Crippen LogP contribution is -2.47.